The van der Waals surface area contributed by atoms with Crippen molar-refractivity contribution in [3.63, 3.8) is 0 Å². The van der Waals surface area contributed by atoms with Gasteiger partial charge in [0.25, 0.3) is 0 Å². The second-order valence-corrected chi connectivity index (χ2v) is 8.50. The Balaban J connectivity index is 1.21. The molecule has 1 fully saturated rings. The number of carbonyl (C=O) groups excluding carboxylic acids is 2. The van der Waals surface area contributed by atoms with Crippen molar-refractivity contribution in [1.82, 2.24) is 15.2 Å². The van der Waals surface area contributed by atoms with Crippen LogP contribution in [-0.4, -0.2) is 61.1 Å². The number of pyridine rings is 1. The molecule has 3 amide bonds. The van der Waals surface area contributed by atoms with E-state index in [9.17, 15) is 9.59 Å². The molecule has 0 saturated carbocycles. The monoisotopic (exact) mass is 472 g/mol. The normalized spacial score (nSPS) is 13.8. The lowest BCUT2D eigenvalue weighted by Crippen LogP contribution is -2.47. The number of hydrogen-bond acceptors (Lipinski definition) is 5. The van der Waals surface area contributed by atoms with Crippen molar-refractivity contribution in [2.24, 2.45) is 0 Å². The van der Waals surface area contributed by atoms with Gasteiger partial charge in [-0.3, -0.25) is 14.7 Å². The first-order valence-corrected chi connectivity index (χ1v) is 12.0. The number of anilines is 3. The molecular formula is C27H32N6O2. The molecule has 8 nitrogen and oxygen atoms in total. The number of para-hydroxylation sites is 3. The van der Waals surface area contributed by atoms with Crippen LogP contribution in [0.1, 0.15) is 12.0 Å². The van der Waals surface area contributed by atoms with Gasteiger partial charge < -0.3 is 20.9 Å². The van der Waals surface area contributed by atoms with Crippen molar-refractivity contribution in [3.05, 3.63) is 84.7 Å². The van der Waals surface area contributed by atoms with Crippen molar-refractivity contribution in [3.8, 4) is 0 Å². The summed E-state index contributed by atoms with van der Waals surface area (Å²) in [4.78, 5) is 33.4. The van der Waals surface area contributed by atoms with E-state index in [1.807, 2.05) is 67.0 Å². The molecule has 4 rings (SSSR count). The third-order valence-electron chi connectivity index (χ3n) is 6.03. The van der Waals surface area contributed by atoms with Gasteiger partial charge in [-0.25, -0.2) is 4.79 Å². The van der Waals surface area contributed by atoms with Crippen LogP contribution in [0.4, 0.5) is 21.9 Å². The van der Waals surface area contributed by atoms with E-state index in [-0.39, 0.29) is 24.9 Å². The van der Waals surface area contributed by atoms with Crippen molar-refractivity contribution in [2.45, 2.75) is 12.8 Å². The van der Waals surface area contributed by atoms with Gasteiger partial charge in [0.15, 0.2) is 0 Å². The number of hydrogen-bond donors (Lipinski definition) is 3. The molecule has 0 unspecified atom stereocenters. The number of amides is 3. The Morgan fingerprint density at radius 3 is 2.31 bits per heavy atom. The third-order valence-corrected chi connectivity index (χ3v) is 6.03. The van der Waals surface area contributed by atoms with Gasteiger partial charge in [-0.15, -0.1) is 0 Å². The zero-order chi connectivity index (χ0) is 24.3. The van der Waals surface area contributed by atoms with E-state index >= 15 is 0 Å². The van der Waals surface area contributed by atoms with Gasteiger partial charge in [0.1, 0.15) is 0 Å². The summed E-state index contributed by atoms with van der Waals surface area (Å²) in [5.74, 6) is -0.131. The molecule has 2 heterocycles. The molecule has 3 N–H and O–H groups in total. The maximum Gasteiger partial charge on any atom is 0.319 e. The van der Waals surface area contributed by atoms with Crippen LogP contribution in [0, 0.1) is 0 Å². The molecule has 1 aliphatic rings. The van der Waals surface area contributed by atoms with Crippen LogP contribution in [-0.2, 0) is 11.2 Å². The molecule has 3 aromatic rings. The average Bonchev–Trinajstić information content (AvgIpc) is 2.89. The maximum atomic E-state index is 12.5. The average molecular weight is 473 g/mol. The first kappa shape index (κ1) is 24.2. The van der Waals surface area contributed by atoms with Gasteiger partial charge in [-0.2, -0.15) is 0 Å². The summed E-state index contributed by atoms with van der Waals surface area (Å²) in [7, 11) is 0. The first-order chi connectivity index (χ1) is 17.2. The minimum Gasteiger partial charge on any atom is -0.367 e. The third kappa shape index (κ3) is 7.55. The fraction of sp³-hybridized carbons (Fsp3) is 0.296. The number of aromatic nitrogens is 1. The van der Waals surface area contributed by atoms with E-state index < -0.39 is 0 Å². The zero-order valence-corrected chi connectivity index (χ0v) is 19.8. The standard InChI is InChI=1S/C27H32N6O2/c34-26(12-16-29-27(35)30-23-6-2-1-3-7-23)31-24-8-4-5-9-25(24)33-20-18-32(19-21-33)17-13-22-10-14-28-15-11-22/h1-11,14-15H,12-13,16-21H2,(H,31,34)(H2,29,30,35). The van der Waals surface area contributed by atoms with Gasteiger partial charge in [-0.05, 0) is 48.4 Å². The topological polar surface area (TPSA) is 89.6 Å². The molecule has 0 radical (unpaired) electrons. The fourth-order valence-corrected chi connectivity index (χ4v) is 4.10. The SMILES string of the molecule is O=C(CCNC(=O)Nc1ccccc1)Nc1ccccc1N1CCN(CCc2ccncc2)CC1. The molecule has 0 spiro atoms. The summed E-state index contributed by atoms with van der Waals surface area (Å²) >= 11 is 0. The molecule has 0 bridgehead atoms. The predicted octanol–water partition coefficient (Wildman–Crippen LogP) is 3.60. The lowest BCUT2D eigenvalue weighted by atomic mass is 10.1. The second-order valence-electron chi connectivity index (χ2n) is 8.50. The number of nitrogens with zero attached hydrogens (tertiary/aromatic N) is 3. The molecule has 8 heteroatoms. The van der Waals surface area contributed by atoms with Gasteiger partial charge in [0.05, 0.1) is 11.4 Å². The van der Waals surface area contributed by atoms with Crippen molar-refractivity contribution < 1.29 is 9.59 Å². The summed E-state index contributed by atoms with van der Waals surface area (Å²) in [5.41, 5.74) is 3.85. The van der Waals surface area contributed by atoms with Crippen LogP contribution in [0.25, 0.3) is 0 Å². The highest BCUT2D eigenvalue weighted by Crippen LogP contribution is 2.26. The Hall–Kier alpha value is -3.91. The molecule has 0 aliphatic carbocycles. The fourth-order valence-electron chi connectivity index (χ4n) is 4.10. The van der Waals surface area contributed by atoms with Crippen LogP contribution in [0.2, 0.25) is 0 Å². The Kier molecular flexibility index (Phi) is 8.67. The maximum absolute atomic E-state index is 12.5. The van der Waals surface area contributed by atoms with Gasteiger partial charge in [0.2, 0.25) is 5.91 Å². The quantitative estimate of drug-likeness (QED) is 0.443. The minimum atomic E-state index is -0.328. The Labute approximate surface area is 206 Å². The summed E-state index contributed by atoms with van der Waals surface area (Å²) in [6, 6.07) is 20.9. The van der Waals surface area contributed by atoms with Crippen LogP contribution >= 0.6 is 0 Å². The summed E-state index contributed by atoms with van der Waals surface area (Å²) in [6.07, 6.45) is 4.90. The number of piperazine rings is 1. The van der Waals surface area contributed by atoms with Crippen LogP contribution in [0.5, 0.6) is 0 Å². The molecule has 2 aromatic carbocycles. The van der Waals surface area contributed by atoms with E-state index in [0.29, 0.717) is 5.69 Å². The highest BCUT2D eigenvalue weighted by molar-refractivity contribution is 5.95. The predicted molar refractivity (Wildman–Crippen MR) is 140 cm³/mol. The van der Waals surface area contributed by atoms with Crippen molar-refractivity contribution >= 4 is 29.0 Å². The molecule has 35 heavy (non-hydrogen) atoms. The zero-order valence-electron chi connectivity index (χ0n) is 19.8. The van der Waals surface area contributed by atoms with Gasteiger partial charge in [-0.1, -0.05) is 30.3 Å². The molecule has 182 valence electrons. The van der Waals surface area contributed by atoms with E-state index in [1.54, 1.807) is 0 Å². The Bertz CT molecular complexity index is 1090. The lowest BCUT2D eigenvalue weighted by molar-refractivity contribution is -0.116. The smallest absolute Gasteiger partial charge is 0.319 e. The number of benzene rings is 2. The van der Waals surface area contributed by atoms with Crippen LogP contribution in [0.3, 0.4) is 0 Å². The Morgan fingerprint density at radius 1 is 0.829 bits per heavy atom. The molecule has 1 aliphatic heterocycles. The molecule has 0 atom stereocenters. The van der Waals surface area contributed by atoms with E-state index in [2.05, 4.69) is 42.9 Å². The van der Waals surface area contributed by atoms with Gasteiger partial charge in [0, 0.05) is 63.8 Å². The van der Waals surface area contributed by atoms with Crippen molar-refractivity contribution in [1.29, 1.82) is 0 Å². The number of rotatable bonds is 9. The van der Waals surface area contributed by atoms with Crippen LogP contribution < -0.4 is 20.9 Å². The van der Waals surface area contributed by atoms with E-state index in [1.165, 1.54) is 5.56 Å². The van der Waals surface area contributed by atoms with Crippen LogP contribution in [0.15, 0.2) is 79.1 Å². The molecule has 1 aromatic heterocycles. The number of carbonyl (C=O) groups is 2. The number of urea groups is 1. The second kappa shape index (κ2) is 12.5. The lowest BCUT2D eigenvalue weighted by Gasteiger charge is -2.37. The summed E-state index contributed by atoms with van der Waals surface area (Å²) < 4.78 is 0. The summed E-state index contributed by atoms with van der Waals surface area (Å²) in [5, 5.41) is 8.49. The summed E-state index contributed by atoms with van der Waals surface area (Å²) in [6.45, 7) is 5.06. The number of nitrogens with one attached hydrogen (secondary N) is 3. The first-order valence-electron chi connectivity index (χ1n) is 12.0. The molecular weight excluding hydrogens is 440 g/mol. The van der Waals surface area contributed by atoms with E-state index in [4.69, 9.17) is 0 Å². The largest absolute Gasteiger partial charge is 0.367 e. The van der Waals surface area contributed by atoms with E-state index in [0.717, 1.165) is 50.5 Å². The van der Waals surface area contributed by atoms with Crippen molar-refractivity contribution in [2.75, 3.05) is 54.8 Å². The molecule has 1 saturated heterocycles. The Morgan fingerprint density at radius 2 is 1.54 bits per heavy atom. The minimum absolute atomic E-state index is 0.131. The highest BCUT2D eigenvalue weighted by atomic mass is 16.2. The highest BCUT2D eigenvalue weighted by Gasteiger charge is 2.19. The van der Waals surface area contributed by atoms with Gasteiger partial charge >= 0.3 is 6.03 Å².